The standard InChI is InChI=1S/C20H24N2O3/c1-3-4-7-13-21-19(23)15-9-8-10-16(14-15)20(24)22-17-11-5-6-12-18(17)25-2/h5-6,8-12,14H,3-4,7,13H2,1-2H3,(H,21,23)(H,22,24). The maximum absolute atomic E-state index is 12.5. The smallest absolute Gasteiger partial charge is 0.255 e. The molecule has 0 saturated heterocycles. The summed E-state index contributed by atoms with van der Waals surface area (Å²) in [6, 6.07) is 13.9. The van der Waals surface area contributed by atoms with Gasteiger partial charge in [-0.3, -0.25) is 9.59 Å². The molecule has 0 unspecified atom stereocenters. The van der Waals surface area contributed by atoms with E-state index in [0.717, 1.165) is 19.3 Å². The van der Waals surface area contributed by atoms with Crippen molar-refractivity contribution in [1.29, 1.82) is 0 Å². The number of ether oxygens (including phenoxy) is 1. The van der Waals surface area contributed by atoms with Crippen molar-refractivity contribution < 1.29 is 14.3 Å². The van der Waals surface area contributed by atoms with Crippen LogP contribution in [-0.2, 0) is 0 Å². The zero-order valence-electron chi connectivity index (χ0n) is 14.7. The first kappa shape index (κ1) is 18.5. The molecule has 5 heteroatoms. The molecule has 0 spiro atoms. The number of anilines is 1. The lowest BCUT2D eigenvalue weighted by Gasteiger charge is -2.10. The molecule has 0 bridgehead atoms. The van der Waals surface area contributed by atoms with Gasteiger partial charge in [-0.05, 0) is 36.8 Å². The first-order valence-electron chi connectivity index (χ1n) is 8.48. The molecule has 0 saturated carbocycles. The summed E-state index contributed by atoms with van der Waals surface area (Å²) in [5.41, 5.74) is 1.49. The highest BCUT2D eigenvalue weighted by atomic mass is 16.5. The molecule has 25 heavy (non-hydrogen) atoms. The molecule has 2 rings (SSSR count). The lowest BCUT2D eigenvalue weighted by Crippen LogP contribution is -2.24. The highest BCUT2D eigenvalue weighted by molar-refractivity contribution is 6.06. The van der Waals surface area contributed by atoms with Crippen molar-refractivity contribution in [3.8, 4) is 5.75 Å². The molecule has 0 aliphatic carbocycles. The zero-order valence-corrected chi connectivity index (χ0v) is 14.7. The van der Waals surface area contributed by atoms with Crippen LogP contribution in [0.4, 0.5) is 5.69 Å². The van der Waals surface area contributed by atoms with Gasteiger partial charge in [-0.25, -0.2) is 0 Å². The lowest BCUT2D eigenvalue weighted by atomic mass is 10.1. The zero-order chi connectivity index (χ0) is 18.1. The molecule has 2 aromatic carbocycles. The number of para-hydroxylation sites is 2. The van der Waals surface area contributed by atoms with Gasteiger partial charge in [0.1, 0.15) is 5.75 Å². The van der Waals surface area contributed by atoms with Crippen molar-refractivity contribution in [1.82, 2.24) is 5.32 Å². The maximum Gasteiger partial charge on any atom is 0.255 e. The third kappa shape index (κ3) is 5.35. The summed E-state index contributed by atoms with van der Waals surface area (Å²) in [6.07, 6.45) is 3.15. The number of hydrogen-bond acceptors (Lipinski definition) is 3. The molecule has 5 nitrogen and oxygen atoms in total. The number of hydrogen-bond donors (Lipinski definition) is 2. The van der Waals surface area contributed by atoms with E-state index in [1.807, 2.05) is 12.1 Å². The van der Waals surface area contributed by atoms with Crippen LogP contribution >= 0.6 is 0 Å². The van der Waals surface area contributed by atoms with Crippen LogP contribution in [0.2, 0.25) is 0 Å². The molecule has 2 aromatic rings. The van der Waals surface area contributed by atoms with Crippen molar-refractivity contribution in [3.63, 3.8) is 0 Å². The quantitative estimate of drug-likeness (QED) is 0.717. The highest BCUT2D eigenvalue weighted by Crippen LogP contribution is 2.23. The Bertz CT molecular complexity index is 728. The second-order valence-electron chi connectivity index (χ2n) is 5.70. The average molecular weight is 340 g/mol. The minimum absolute atomic E-state index is 0.164. The number of amides is 2. The van der Waals surface area contributed by atoms with E-state index < -0.39 is 0 Å². The van der Waals surface area contributed by atoms with Crippen LogP contribution < -0.4 is 15.4 Å². The molecule has 0 atom stereocenters. The van der Waals surface area contributed by atoms with Crippen LogP contribution in [0.25, 0.3) is 0 Å². The third-order valence-corrected chi connectivity index (χ3v) is 3.81. The summed E-state index contributed by atoms with van der Waals surface area (Å²) >= 11 is 0. The van der Waals surface area contributed by atoms with Crippen LogP contribution in [0.15, 0.2) is 48.5 Å². The van der Waals surface area contributed by atoms with Gasteiger partial charge in [0.15, 0.2) is 0 Å². The number of rotatable bonds is 8. The Kier molecular flexibility index (Phi) is 7.01. The predicted octanol–water partition coefficient (Wildman–Crippen LogP) is 3.87. The van der Waals surface area contributed by atoms with E-state index in [2.05, 4.69) is 17.6 Å². The van der Waals surface area contributed by atoms with E-state index in [1.54, 1.807) is 43.5 Å². The molecule has 0 fully saturated rings. The van der Waals surface area contributed by atoms with Crippen molar-refractivity contribution in [3.05, 3.63) is 59.7 Å². The summed E-state index contributed by atoms with van der Waals surface area (Å²) in [6.45, 7) is 2.76. The van der Waals surface area contributed by atoms with Gasteiger partial charge < -0.3 is 15.4 Å². The first-order chi connectivity index (χ1) is 12.2. The Labute approximate surface area is 148 Å². The molecule has 0 heterocycles. The number of methoxy groups -OCH3 is 1. The van der Waals surface area contributed by atoms with E-state index in [0.29, 0.717) is 29.1 Å². The van der Waals surface area contributed by atoms with Gasteiger partial charge in [0, 0.05) is 17.7 Å². The van der Waals surface area contributed by atoms with E-state index in [1.165, 1.54) is 0 Å². The molecule has 0 aliphatic heterocycles. The molecular weight excluding hydrogens is 316 g/mol. The van der Waals surface area contributed by atoms with E-state index in [4.69, 9.17) is 4.74 Å². The van der Waals surface area contributed by atoms with Crippen molar-refractivity contribution in [2.75, 3.05) is 19.0 Å². The van der Waals surface area contributed by atoms with Crippen molar-refractivity contribution >= 4 is 17.5 Å². The summed E-state index contributed by atoms with van der Waals surface area (Å²) in [5, 5.41) is 5.69. The third-order valence-electron chi connectivity index (χ3n) is 3.81. The molecule has 2 amide bonds. The van der Waals surface area contributed by atoms with Gasteiger partial charge in [-0.1, -0.05) is 38.0 Å². The normalized spacial score (nSPS) is 10.2. The van der Waals surface area contributed by atoms with Gasteiger partial charge in [-0.2, -0.15) is 0 Å². The molecule has 2 N–H and O–H groups in total. The molecule has 0 aliphatic rings. The fourth-order valence-electron chi connectivity index (χ4n) is 2.42. The second kappa shape index (κ2) is 9.47. The highest BCUT2D eigenvalue weighted by Gasteiger charge is 2.12. The Morgan fingerprint density at radius 3 is 2.40 bits per heavy atom. The Morgan fingerprint density at radius 2 is 1.68 bits per heavy atom. The Balaban J connectivity index is 2.04. The Morgan fingerprint density at radius 1 is 0.960 bits per heavy atom. The van der Waals surface area contributed by atoms with E-state index >= 15 is 0 Å². The fourth-order valence-corrected chi connectivity index (χ4v) is 2.42. The summed E-state index contributed by atoms with van der Waals surface area (Å²) in [4.78, 5) is 24.6. The number of benzene rings is 2. The summed E-state index contributed by atoms with van der Waals surface area (Å²) in [7, 11) is 1.55. The Hall–Kier alpha value is -2.82. The monoisotopic (exact) mass is 340 g/mol. The van der Waals surface area contributed by atoms with Crippen molar-refractivity contribution in [2.45, 2.75) is 26.2 Å². The number of nitrogens with one attached hydrogen (secondary N) is 2. The van der Waals surface area contributed by atoms with Crippen LogP contribution in [0.1, 0.15) is 46.9 Å². The lowest BCUT2D eigenvalue weighted by molar-refractivity contribution is 0.0953. The second-order valence-corrected chi connectivity index (χ2v) is 5.70. The van der Waals surface area contributed by atoms with Crippen LogP contribution in [0.5, 0.6) is 5.75 Å². The number of carbonyl (C=O) groups is 2. The van der Waals surface area contributed by atoms with E-state index in [-0.39, 0.29) is 11.8 Å². The molecule has 0 radical (unpaired) electrons. The van der Waals surface area contributed by atoms with Crippen LogP contribution in [0.3, 0.4) is 0 Å². The average Bonchev–Trinajstić information content (AvgIpc) is 2.65. The summed E-state index contributed by atoms with van der Waals surface area (Å²) in [5.74, 6) is 0.133. The topological polar surface area (TPSA) is 67.4 Å². The van der Waals surface area contributed by atoms with Gasteiger partial charge >= 0.3 is 0 Å². The van der Waals surface area contributed by atoms with Gasteiger partial charge in [0.25, 0.3) is 11.8 Å². The maximum atomic E-state index is 12.5. The largest absolute Gasteiger partial charge is 0.495 e. The minimum Gasteiger partial charge on any atom is -0.495 e. The van der Waals surface area contributed by atoms with Gasteiger partial charge in [0.2, 0.25) is 0 Å². The van der Waals surface area contributed by atoms with E-state index in [9.17, 15) is 9.59 Å². The first-order valence-corrected chi connectivity index (χ1v) is 8.48. The molecular formula is C20H24N2O3. The van der Waals surface area contributed by atoms with Gasteiger partial charge in [-0.15, -0.1) is 0 Å². The SMILES string of the molecule is CCCCCNC(=O)c1cccc(C(=O)Nc2ccccc2OC)c1. The molecule has 132 valence electrons. The summed E-state index contributed by atoms with van der Waals surface area (Å²) < 4.78 is 5.23. The number of carbonyl (C=O) groups excluding carboxylic acids is 2. The van der Waals surface area contributed by atoms with Crippen molar-refractivity contribution in [2.24, 2.45) is 0 Å². The van der Waals surface area contributed by atoms with Crippen LogP contribution in [0, 0.1) is 0 Å². The van der Waals surface area contributed by atoms with Gasteiger partial charge in [0.05, 0.1) is 12.8 Å². The van der Waals surface area contributed by atoms with Crippen LogP contribution in [-0.4, -0.2) is 25.5 Å². The predicted molar refractivity (Wildman–Crippen MR) is 99.2 cm³/mol. The minimum atomic E-state index is -0.287. The fraction of sp³-hybridized carbons (Fsp3) is 0.300. The number of unbranched alkanes of at least 4 members (excludes halogenated alkanes) is 2. The molecule has 0 aromatic heterocycles.